The number of pyridine rings is 1. The van der Waals surface area contributed by atoms with Gasteiger partial charge in [-0.15, -0.1) is 0 Å². The SMILES string of the molecule is CCCNc1ccnc(CN2CCOCC2C)c1. The van der Waals surface area contributed by atoms with Crippen molar-refractivity contribution in [2.24, 2.45) is 0 Å². The number of nitrogens with zero attached hydrogens (tertiary/aromatic N) is 2. The van der Waals surface area contributed by atoms with Gasteiger partial charge in [0.2, 0.25) is 0 Å². The molecule has 1 unspecified atom stereocenters. The first-order valence-corrected chi connectivity index (χ1v) is 6.80. The molecule has 4 heteroatoms. The van der Waals surface area contributed by atoms with Gasteiger partial charge in [0.05, 0.1) is 18.9 Å². The second-order valence-electron chi connectivity index (χ2n) is 4.86. The molecule has 0 amide bonds. The molecule has 1 aliphatic rings. The first kappa shape index (κ1) is 13.3. The first-order valence-electron chi connectivity index (χ1n) is 6.80. The van der Waals surface area contributed by atoms with Crippen molar-refractivity contribution in [3.05, 3.63) is 24.0 Å². The van der Waals surface area contributed by atoms with Gasteiger partial charge in [-0.1, -0.05) is 6.92 Å². The van der Waals surface area contributed by atoms with Crippen LogP contribution in [0.1, 0.15) is 26.0 Å². The zero-order valence-electron chi connectivity index (χ0n) is 11.4. The smallest absolute Gasteiger partial charge is 0.0619 e. The van der Waals surface area contributed by atoms with Crippen LogP contribution in [0, 0.1) is 0 Å². The highest BCUT2D eigenvalue weighted by molar-refractivity contribution is 5.43. The van der Waals surface area contributed by atoms with Crippen molar-refractivity contribution in [1.82, 2.24) is 9.88 Å². The number of morpholine rings is 1. The van der Waals surface area contributed by atoms with Crippen LogP contribution in [0.15, 0.2) is 18.3 Å². The fraction of sp³-hybridized carbons (Fsp3) is 0.643. The third-order valence-corrected chi connectivity index (χ3v) is 3.27. The predicted octanol–water partition coefficient (Wildman–Crippen LogP) is 2.12. The molecule has 0 aromatic carbocycles. The number of rotatable bonds is 5. The maximum absolute atomic E-state index is 5.45. The lowest BCUT2D eigenvalue weighted by Gasteiger charge is -2.32. The lowest BCUT2D eigenvalue weighted by molar-refractivity contribution is -0.00489. The summed E-state index contributed by atoms with van der Waals surface area (Å²) in [7, 11) is 0. The lowest BCUT2D eigenvalue weighted by atomic mass is 10.2. The Bertz CT molecular complexity index is 370. The molecule has 0 radical (unpaired) electrons. The van der Waals surface area contributed by atoms with Crippen molar-refractivity contribution in [2.45, 2.75) is 32.9 Å². The van der Waals surface area contributed by atoms with Crippen molar-refractivity contribution in [3.63, 3.8) is 0 Å². The topological polar surface area (TPSA) is 37.4 Å². The summed E-state index contributed by atoms with van der Waals surface area (Å²) in [5.74, 6) is 0. The van der Waals surface area contributed by atoms with Crippen LogP contribution in [-0.2, 0) is 11.3 Å². The highest BCUT2D eigenvalue weighted by atomic mass is 16.5. The Hall–Kier alpha value is -1.13. The molecule has 0 saturated carbocycles. The number of ether oxygens (including phenoxy) is 1. The normalized spacial score (nSPS) is 20.9. The van der Waals surface area contributed by atoms with Crippen LogP contribution in [0.25, 0.3) is 0 Å². The van der Waals surface area contributed by atoms with Gasteiger partial charge in [-0.05, 0) is 25.5 Å². The molecule has 1 saturated heterocycles. The van der Waals surface area contributed by atoms with E-state index in [4.69, 9.17) is 4.74 Å². The van der Waals surface area contributed by atoms with Gasteiger partial charge in [-0.2, -0.15) is 0 Å². The van der Waals surface area contributed by atoms with E-state index >= 15 is 0 Å². The Morgan fingerprint density at radius 2 is 2.44 bits per heavy atom. The molecule has 1 fully saturated rings. The number of nitrogens with one attached hydrogen (secondary N) is 1. The highest BCUT2D eigenvalue weighted by Gasteiger charge is 2.19. The van der Waals surface area contributed by atoms with Gasteiger partial charge in [0.25, 0.3) is 0 Å². The van der Waals surface area contributed by atoms with Gasteiger partial charge in [0.15, 0.2) is 0 Å². The Kier molecular flexibility index (Phi) is 4.96. The summed E-state index contributed by atoms with van der Waals surface area (Å²) in [6, 6.07) is 4.66. The third-order valence-electron chi connectivity index (χ3n) is 3.27. The van der Waals surface area contributed by atoms with Crippen LogP contribution in [0.5, 0.6) is 0 Å². The van der Waals surface area contributed by atoms with E-state index in [0.717, 1.165) is 45.0 Å². The van der Waals surface area contributed by atoms with E-state index in [-0.39, 0.29) is 0 Å². The average Bonchev–Trinajstić information content (AvgIpc) is 2.40. The van der Waals surface area contributed by atoms with Crippen molar-refractivity contribution in [3.8, 4) is 0 Å². The Balaban J connectivity index is 1.95. The number of anilines is 1. The molecular weight excluding hydrogens is 226 g/mol. The van der Waals surface area contributed by atoms with Gasteiger partial charge in [0.1, 0.15) is 0 Å². The molecule has 100 valence electrons. The summed E-state index contributed by atoms with van der Waals surface area (Å²) >= 11 is 0. The standard InChI is InChI=1S/C14H23N3O/c1-3-5-15-13-4-6-16-14(9-13)10-17-7-8-18-11-12(17)2/h4,6,9,12H,3,5,7-8,10-11H2,1-2H3,(H,15,16). The largest absolute Gasteiger partial charge is 0.385 e. The minimum atomic E-state index is 0.479. The first-order chi connectivity index (χ1) is 8.79. The van der Waals surface area contributed by atoms with Gasteiger partial charge >= 0.3 is 0 Å². The fourth-order valence-corrected chi connectivity index (χ4v) is 2.15. The van der Waals surface area contributed by atoms with Gasteiger partial charge in [-0.3, -0.25) is 9.88 Å². The summed E-state index contributed by atoms with van der Waals surface area (Å²) < 4.78 is 5.45. The van der Waals surface area contributed by atoms with Crippen molar-refractivity contribution >= 4 is 5.69 Å². The van der Waals surface area contributed by atoms with Gasteiger partial charge in [-0.25, -0.2) is 0 Å². The molecule has 0 bridgehead atoms. The van der Waals surface area contributed by atoms with Crippen LogP contribution in [0.3, 0.4) is 0 Å². The number of aromatic nitrogens is 1. The summed E-state index contributed by atoms with van der Waals surface area (Å²) in [5.41, 5.74) is 2.30. The molecule has 4 nitrogen and oxygen atoms in total. The van der Waals surface area contributed by atoms with E-state index in [1.807, 2.05) is 12.3 Å². The molecule has 2 heterocycles. The highest BCUT2D eigenvalue weighted by Crippen LogP contribution is 2.13. The molecule has 1 atom stereocenters. The second-order valence-corrected chi connectivity index (χ2v) is 4.86. The lowest BCUT2D eigenvalue weighted by Crippen LogP contribution is -2.43. The molecule has 1 aliphatic heterocycles. The van der Waals surface area contributed by atoms with E-state index in [0.29, 0.717) is 6.04 Å². The summed E-state index contributed by atoms with van der Waals surface area (Å²) in [4.78, 5) is 6.88. The molecule has 18 heavy (non-hydrogen) atoms. The van der Waals surface area contributed by atoms with Crippen LogP contribution >= 0.6 is 0 Å². The Labute approximate surface area is 109 Å². The molecular formula is C14H23N3O. The van der Waals surface area contributed by atoms with Crippen LogP contribution in [0.2, 0.25) is 0 Å². The zero-order valence-corrected chi connectivity index (χ0v) is 11.4. The Morgan fingerprint density at radius 3 is 3.22 bits per heavy atom. The maximum atomic E-state index is 5.45. The third kappa shape index (κ3) is 3.68. The molecule has 1 aromatic rings. The van der Waals surface area contributed by atoms with Gasteiger partial charge < -0.3 is 10.1 Å². The van der Waals surface area contributed by atoms with E-state index in [2.05, 4.69) is 35.1 Å². The van der Waals surface area contributed by atoms with Crippen molar-refractivity contribution in [2.75, 3.05) is 31.6 Å². The summed E-state index contributed by atoms with van der Waals surface area (Å²) in [6.45, 7) is 8.95. The summed E-state index contributed by atoms with van der Waals surface area (Å²) in [6.07, 6.45) is 3.02. The second kappa shape index (κ2) is 6.71. The van der Waals surface area contributed by atoms with Gasteiger partial charge in [0, 0.05) is 37.6 Å². The van der Waals surface area contributed by atoms with Crippen molar-refractivity contribution < 1.29 is 4.74 Å². The molecule has 0 aliphatic carbocycles. The quantitative estimate of drug-likeness (QED) is 0.867. The molecule has 1 aromatic heterocycles. The minimum absolute atomic E-state index is 0.479. The van der Waals surface area contributed by atoms with Crippen molar-refractivity contribution in [1.29, 1.82) is 0 Å². The van der Waals surface area contributed by atoms with E-state index < -0.39 is 0 Å². The monoisotopic (exact) mass is 249 g/mol. The van der Waals surface area contributed by atoms with E-state index in [9.17, 15) is 0 Å². The van der Waals surface area contributed by atoms with E-state index in [1.54, 1.807) is 0 Å². The van der Waals surface area contributed by atoms with Crippen LogP contribution in [-0.4, -0.2) is 42.2 Å². The molecule has 1 N–H and O–H groups in total. The molecule has 2 rings (SSSR count). The predicted molar refractivity (Wildman–Crippen MR) is 73.7 cm³/mol. The number of hydrogen-bond acceptors (Lipinski definition) is 4. The zero-order chi connectivity index (χ0) is 12.8. The molecule has 0 spiro atoms. The van der Waals surface area contributed by atoms with Crippen LogP contribution < -0.4 is 5.32 Å². The Morgan fingerprint density at radius 1 is 1.56 bits per heavy atom. The minimum Gasteiger partial charge on any atom is -0.385 e. The summed E-state index contributed by atoms with van der Waals surface area (Å²) in [5, 5.41) is 3.40. The maximum Gasteiger partial charge on any atom is 0.0619 e. The number of hydrogen-bond donors (Lipinski definition) is 1. The fourth-order valence-electron chi connectivity index (χ4n) is 2.15. The average molecular weight is 249 g/mol. The van der Waals surface area contributed by atoms with E-state index in [1.165, 1.54) is 5.69 Å². The van der Waals surface area contributed by atoms with Crippen LogP contribution in [0.4, 0.5) is 5.69 Å².